The number of hydrogen-bond acceptors (Lipinski definition) is 5. The predicted octanol–water partition coefficient (Wildman–Crippen LogP) is 3.15. The largest absolute Gasteiger partial charge is 0.457 e. The second-order valence-corrected chi connectivity index (χ2v) is 4.64. The third kappa shape index (κ3) is 4.33. The summed E-state index contributed by atoms with van der Waals surface area (Å²) >= 11 is 0. The molecule has 0 atom stereocenters. The van der Waals surface area contributed by atoms with E-state index >= 15 is 0 Å². The minimum atomic E-state index is -0.397. The zero-order valence-corrected chi connectivity index (χ0v) is 13.4. The van der Waals surface area contributed by atoms with Gasteiger partial charge in [-0.05, 0) is 23.8 Å². The van der Waals surface area contributed by atoms with Crippen molar-refractivity contribution in [1.29, 1.82) is 5.26 Å². The van der Waals surface area contributed by atoms with Crippen LogP contribution in [0.25, 0.3) is 10.9 Å². The van der Waals surface area contributed by atoms with Crippen molar-refractivity contribution in [2.45, 2.75) is 6.61 Å². The van der Waals surface area contributed by atoms with E-state index in [0.29, 0.717) is 11.1 Å². The predicted molar refractivity (Wildman–Crippen MR) is 91.8 cm³/mol. The average Bonchev–Trinajstić information content (AvgIpc) is 3.04. The van der Waals surface area contributed by atoms with Gasteiger partial charge in [-0.1, -0.05) is 30.3 Å². The number of aromatic nitrogens is 1. The Kier molecular flexibility index (Phi) is 7.46. The number of halogens is 1. The Hall–Kier alpha value is -2.85. The number of ether oxygens (including phenoxy) is 1. The minimum Gasteiger partial charge on any atom is -0.457 e. The van der Waals surface area contributed by atoms with Gasteiger partial charge in [-0.2, -0.15) is 5.26 Å². The number of nitrogens with two attached hydrogens (primary N) is 1. The van der Waals surface area contributed by atoms with Gasteiger partial charge in [0.25, 0.3) is 0 Å². The summed E-state index contributed by atoms with van der Waals surface area (Å²) in [5.74, 6) is 3.10. The highest BCUT2D eigenvalue weighted by Crippen LogP contribution is 2.20. The first-order valence-electron chi connectivity index (χ1n) is 6.76. The van der Waals surface area contributed by atoms with E-state index in [1.54, 1.807) is 24.4 Å². The summed E-state index contributed by atoms with van der Waals surface area (Å²) in [6.07, 6.45) is 1.63. The van der Waals surface area contributed by atoms with Crippen molar-refractivity contribution in [2.24, 2.45) is 5.90 Å². The number of nitrogens with zero attached hydrogens (tertiary/aromatic N) is 1. The SMILES string of the molecule is Cl.N#Cc1c[nH]c2ccc(C(=O)OCc3ccccc3)cc12.NO. The maximum Gasteiger partial charge on any atom is 0.338 e. The molecular formula is C17H16ClN3O3. The molecule has 0 aliphatic carbocycles. The summed E-state index contributed by atoms with van der Waals surface area (Å²) in [6, 6.07) is 16.7. The number of H-pyrrole nitrogens is 1. The van der Waals surface area contributed by atoms with Crippen LogP contribution in [0.15, 0.2) is 54.7 Å². The van der Waals surface area contributed by atoms with Crippen molar-refractivity contribution < 1.29 is 14.7 Å². The van der Waals surface area contributed by atoms with Gasteiger partial charge in [-0.3, -0.25) is 0 Å². The van der Waals surface area contributed by atoms with E-state index in [1.165, 1.54) is 0 Å². The molecule has 2 aromatic carbocycles. The molecule has 0 spiro atoms. The zero-order chi connectivity index (χ0) is 16.7. The van der Waals surface area contributed by atoms with Crippen LogP contribution in [0, 0.1) is 11.3 Å². The summed E-state index contributed by atoms with van der Waals surface area (Å²) in [7, 11) is 0. The molecule has 0 aliphatic heterocycles. The number of nitriles is 1. The molecule has 7 heteroatoms. The first kappa shape index (κ1) is 19.2. The first-order valence-corrected chi connectivity index (χ1v) is 6.76. The Balaban J connectivity index is 0.000000925. The molecule has 1 heterocycles. The number of benzene rings is 2. The molecule has 3 rings (SSSR count). The summed E-state index contributed by atoms with van der Waals surface area (Å²) in [6.45, 7) is 0.232. The molecule has 0 radical (unpaired) electrons. The number of fused-ring (bicyclic) bond motifs is 1. The van der Waals surface area contributed by atoms with Gasteiger partial charge in [0.15, 0.2) is 0 Å². The van der Waals surface area contributed by atoms with E-state index in [1.807, 2.05) is 30.3 Å². The van der Waals surface area contributed by atoms with E-state index in [9.17, 15) is 4.79 Å². The second kappa shape index (κ2) is 9.33. The van der Waals surface area contributed by atoms with Crippen LogP contribution in [0.1, 0.15) is 21.5 Å². The molecule has 3 aromatic rings. The molecule has 0 bridgehead atoms. The molecule has 0 saturated heterocycles. The van der Waals surface area contributed by atoms with E-state index in [4.69, 9.17) is 15.2 Å². The number of carbonyl (C=O) groups excluding carboxylic acids is 1. The van der Waals surface area contributed by atoms with Crippen molar-refractivity contribution in [3.63, 3.8) is 0 Å². The van der Waals surface area contributed by atoms with Crippen LogP contribution in [0.2, 0.25) is 0 Å². The number of hydrogen-bond donors (Lipinski definition) is 3. The highest BCUT2D eigenvalue weighted by atomic mass is 35.5. The lowest BCUT2D eigenvalue weighted by Gasteiger charge is -2.05. The van der Waals surface area contributed by atoms with Crippen molar-refractivity contribution in [3.8, 4) is 6.07 Å². The Morgan fingerprint density at radius 2 is 1.92 bits per heavy atom. The van der Waals surface area contributed by atoms with E-state index < -0.39 is 5.97 Å². The molecule has 6 nitrogen and oxygen atoms in total. The molecule has 24 heavy (non-hydrogen) atoms. The van der Waals surface area contributed by atoms with Crippen LogP contribution in [0.3, 0.4) is 0 Å². The zero-order valence-electron chi connectivity index (χ0n) is 12.6. The number of carbonyl (C=O) groups is 1. The van der Waals surface area contributed by atoms with Gasteiger partial charge in [0, 0.05) is 17.1 Å². The Bertz CT molecular complexity index is 841. The lowest BCUT2D eigenvalue weighted by atomic mass is 10.1. The molecule has 0 fully saturated rings. The van der Waals surface area contributed by atoms with Crippen LogP contribution < -0.4 is 5.90 Å². The summed E-state index contributed by atoms with van der Waals surface area (Å²) in [5, 5.41) is 16.2. The highest BCUT2D eigenvalue weighted by molar-refractivity contribution is 5.96. The van der Waals surface area contributed by atoms with Gasteiger partial charge < -0.3 is 14.9 Å². The van der Waals surface area contributed by atoms with Gasteiger partial charge in [0.1, 0.15) is 12.7 Å². The minimum absolute atomic E-state index is 0. The number of esters is 1. The van der Waals surface area contributed by atoms with Crippen molar-refractivity contribution in [1.82, 2.24) is 4.98 Å². The van der Waals surface area contributed by atoms with E-state index in [0.717, 1.165) is 16.5 Å². The number of rotatable bonds is 3. The summed E-state index contributed by atoms with van der Waals surface area (Å²) in [5.41, 5.74) is 2.72. The van der Waals surface area contributed by atoms with Crippen LogP contribution in [-0.4, -0.2) is 16.2 Å². The van der Waals surface area contributed by atoms with Crippen LogP contribution >= 0.6 is 12.4 Å². The first-order chi connectivity index (χ1) is 11.3. The van der Waals surface area contributed by atoms with Crippen LogP contribution in [0.4, 0.5) is 0 Å². The molecule has 0 aliphatic rings. The molecule has 0 unspecified atom stereocenters. The summed E-state index contributed by atoms with van der Waals surface area (Å²) < 4.78 is 5.28. The molecule has 4 N–H and O–H groups in total. The number of nitrogens with one attached hydrogen (secondary N) is 1. The van der Waals surface area contributed by atoms with E-state index in [2.05, 4.69) is 17.0 Å². The average molecular weight is 346 g/mol. The van der Waals surface area contributed by atoms with Crippen LogP contribution in [-0.2, 0) is 11.3 Å². The van der Waals surface area contributed by atoms with Crippen LogP contribution in [0.5, 0.6) is 0 Å². The molecule has 0 saturated carbocycles. The second-order valence-electron chi connectivity index (χ2n) is 4.64. The molecular weight excluding hydrogens is 330 g/mol. The Morgan fingerprint density at radius 1 is 1.21 bits per heavy atom. The van der Waals surface area contributed by atoms with Gasteiger partial charge in [0.2, 0.25) is 0 Å². The van der Waals surface area contributed by atoms with Gasteiger partial charge >= 0.3 is 5.97 Å². The monoisotopic (exact) mass is 345 g/mol. The fraction of sp³-hybridized carbons (Fsp3) is 0.0588. The fourth-order valence-corrected chi connectivity index (χ4v) is 2.15. The molecule has 124 valence electrons. The fourth-order valence-electron chi connectivity index (χ4n) is 2.15. The topological polar surface area (TPSA) is 112 Å². The maximum absolute atomic E-state index is 12.1. The molecule has 1 aromatic heterocycles. The normalized spacial score (nSPS) is 9.21. The van der Waals surface area contributed by atoms with E-state index in [-0.39, 0.29) is 19.0 Å². The van der Waals surface area contributed by atoms with Gasteiger partial charge in [-0.15, -0.1) is 12.4 Å². The maximum atomic E-state index is 12.1. The standard InChI is InChI=1S/C17H12N2O2.ClH.H3NO/c18-9-14-10-19-16-7-6-13(8-15(14)16)17(20)21-11-12-4-2-1-3-5-12;;1-2/h1-8,10,19H,11H2;1H;2H,1H2. The third-order valence-electron chi connectivity index (χ3n) is 3.25. The lowest BCUT2D eigenvalue weighted by molar-refractivity contribution is 0.0473. The molecule has 0 amide bonds. The highest BCUT2D eigenvalue weighted by Gasteiger charge is 2.10. The summed E-state index contributed by atoms with van der Waals surface area (Å²) in [4.78, 5) is 15.1. The lowest BCUT2D eigenvalue weighted by Crippen LogP contribution is -2.05. The van der Waals surface area contributed by atoms with Crippen molar-refractivity contribution in [2.75, 3.05) is 0 Å². The van der Waals surface area contributed by atoms with Gasteiger partial charge in [-0.25, -0.2) is 10.7 Å². The quantitative estimate of drug-likeness (QED) is 0.498. The van der Waals surface area contributed by atoms with Crippen molar-refractivity contribution in [3.05, 3.63) is 71.4 Å². The number of aromatic amines is 1. The smallest absolute Gasteiger partial charge is 0.338 e. The van der Waals surface area contributed by atoms with Crippen molar-refractivity contribution >= 4 is 29.3 Å². The Morgan fingerprint density at radius 3 is 2.58 bits per heavy atom. The third-order valence-corrected chi connectivity index (χ3v) is 3.25. The van der Waals surface area contributed by atoms with Gasteiger partial charge in [0.05, 0.1) is 11.1 Å². The Labute approximate surface area is 144 Å².